The van der Waals surface area contributed by atoms with Gasteiger partial charge < -0.3 is 4.90 Å². The molecule has 0 radical (unpaired) electrons. The molecule has 2 aromatic carbocycles. The van der Waals surface area contributed by atoms with E-state index in [9.17, 15) is 4.79 Å². The summed E-state index contributed by atoms with van der Waals surface area (Å²) in [5.74, 6) is 0.175. The van der Waals surface area contributed by atoms with Crippen molar-refractivity contribution in [3.8, 4) is 5.69 Å². The van der Waals surface area contributed by atoms with Crippen molar-refractivity contribution >= 4 is 17.7 Å². The van der Waals surface area contributed by atoms with Gasteiger partial charge in [0, 0.05) is 30.2 Å². The molecule has 0 saturated carbocycles. The quantitative estimate of drug-likeness (QED) is 0.723. The lowest BCUT2D eigenvalue weighted by Crippen LogP contribution is -2.34. The monoisotopic (exact) mass is 349 g/mol. The minimum Gasteiger partial charge on any atom is -0.340 e. The Morgan fingerprint density at radius 2 is 1.96 bits per heavy atom. The van der Waals surface area contributed by atoms with Crippen LogP contribution in [-0.2, 0) is 17.8 Å². The Labute approximate surface area is 151 Å². The summed E-state index contributed by atoms with van der Waals surface area (Å²) < 4.78 is 1.84. The molecule has 126 valence electrons. The predicted octanol–water partition coefficient (Wildman–Crippen LogP) is 3.55. The maximum absolute atomic E-state index is 12.8. The van der Waals surface area contributed by atoms with Crippen LogP contribution in [0.4, 0.5) is 0 Å². The first-order valence-electron chi connectivity index (χ1n) is 8.29. The summed E-state index contributed by atoms with van der Waals surface area (Å²) in [5.41, 5.74) is 3.32. The molecule has 0 N–H and O–H groups in total. The second-order valence-electron chi connectivity index (χ2n) is 6.24. The molecule has 1 aliphatic rings. The van der Waals surface area contributed by atoms with Gasteiger partial charge in [-0.15, -0.1) is 11.8 Å². The average molecular weight is 349 g/mol. The van der Waals surface area contributed by atoms with Gasteiger partial charge in [0.25, 0.3) is 0 Å². The second kappa shape index (κ2) is 6.76. The molecule has 1 aliphatic heterocycles. The standard InChI is InChI=1S/C20H19N3OS/c1-22(20(24)19-11-16-7-5-6-10-18(16)25-19)13-15-12-21-23(14-15)17-8-3-2-4-9-17/h2-10,12,14,19H,11,13H2,1H3. The van der Waals surface area contributed by atoms with Crippen molar-refractivity contribution in [2.24, 2.45) is 0 Å². The zero-order valence-corrected chi connectivity index (χ0v) is 14.8. The summed E-state index contributed by atoms with van der Waals surface area (Å²) in [7, 11) is 1.87. The first kappa shape index (κ1) is 16.0. The van der Waals surface area contributed by atoms with E-state index in [1.807, 2.05) is 66.6 Å². The molecular formula is C20H19N3OS. The Balaban J connectivity index is 1.42. The van der Waals surface area contributed by atoms with Crippen LogP contribution in [0, 0.1) is 0 Å². The maximum atomic E-state index is 12.8. The average Bonchev–Trinajstić information content (AvgIpc) is 3.28. The molecule has 1 aromatic heterocycles. The van der Waals surface area contributed by atoms with Crippen molar-refractivity contribution in [1.29, 1.82) is 0 Å². The zero-order chi connectivity index (χ0) is 17.2. The second-order valence-corrected chi connectivity index (χ2v) is 7.49. The SMILES string of the molecule is CN(Cc1cnn(-c2ccccc2)c1)C(=O)C1Cc2ccccc2S1. The minimum atomic E-state index is -0.0217. The van der Waals surface area contributed by atoms with Crippen molar-refractivity contribution in [3.63, 3.8) is 0 Å². The summed E-state index contributed by atoms with van der Waals surface area (Å²) >= 11 is 1.67. The van der Waals surface area contributed by atoms with Gasteiger partial charge in [-0.3, -0.25) is 4.79 Å². The minimum absolute atomic E-state index is 0.0217. The number of para-hydroxylation sites is 1. The molecule has 4 rings (SSSR count). The number of benzene rings is 2. The lowest BCUT2D eigenvalue weighted by atomic mass is 10.1. The number of carbonyl (C=O) groups excluding carboxylic acids is 1. The number of fused-ring (bicyclic) bond motifs is 1. The Hall–Kier alpha value is -2.53. The van der Waals surface area contributed by atoms with Crippen LogP contribution in [0.3, 0.4) is 0 Å². The third kappa shape index (κ3) is 3.33. The van der Waals surface area contributed by atoms with Gasteiger partial charge >= 0.3 is 0 Å². The molecule has 0 spiro atoms. The molecule has 1 atom stereocenters. The van der Waals surface area contributed by atoms with Gasteiger partial charge in [-0.1, -0.05) is 36.4 Å². The molecule has 0 aliphatic carbocycles. The normalized spacial score (nSPS) is 15.8. The molecule has 0 fully saturated rings. The summed E-state index contributed by atoms with van der Waals surface area (Å²) in [6.07, 6.45) is 4.62. The van der Waals surface area contributed by atoms with Crippen LogP contribution in [-0.4, -0.2) is 32.9 Å². The smallest absolute Gasteiger partial charge is 0.236 e. The largest absolute Gasteiger partial charge is 0.340 e. The van der Waals surface area contributed by atoms with Crippen LogP contribution >= 0.6 is 11.8 Å². The number of hydrogen-bond acceptors (Lipinski definition) is 3. The van der Waals surface area contributed by atoms with E-state index >= 15 is 0 Å². The Morgan fingerprint density at radius 3 is 2.76 bits per heavy atom. The van der Waals surface area contributed by atoms with E-state index < -0.39 is 0 Å². The van der Waals surface area contributed by atoms with E-state index in [1.165, 1.54) is 10.5 Å². The van der Waals surface area contributed by atoms with Gasteiger partial charge in [0.05, 0.1) is 17.1 Å². The van der Waals surface area contributed by atoms with Gasteiger partial charge in [0.2, 0.25) is 5.91 Å². The van der Waals surface area contributed by atoms with Crippen molar-refractivity contribution in [2.45, 2.75) is 23.1 Å². The van der Waals surface area contributed by atoms with Crippen molar-refractivity contribution in [1.82, 2.24) is 14.7 Å². The van der Waals surface area contributed by atoms with E-state index in [0.29, 0.717) is 6.54 Å². The molecule has 1 unspecified atom stereocenters. The van der Waals surface area contributed by atoms with Gasteiger partial charge in [-0.2, -0.15) is 5.10 Å². The van der Waals surface area contributed by atoms with Gasteiger partial charge in [0.1, 0.15) is 0 Å². The van der Waals surface area contributed by atoms with Crippen LogP contribution < -0.4 is 0 Å². The molecule has 0 bridgehead atoms. The fourth-order valence-electron chi connectivity index (χ4n) is 3.08. The van der Waals surface area contributed by atoms with Crippen LogP contribution in [0.5, 0.6) is 0 Å². The molecule has 1 amide bonds. The topological polar surface area (TPSA) is 38.1 Å². The maximum Gasteiger partial charge on any atom is 0.236 e. The summed E-state index contributed by atoms with van der Waals surface area (Å²) in [6, 6.07) is 18.3. The first-order chi connectivity index (χ1) is 12.2. The number of aromatic nitrogens is 2. The number of carbonyl (C=O) groups is 1. The van der Waals surface area contributed by atoms with E-state index in [1.54, 1.807) is 16.7 Å². The van der Waals surface area contributed by atoms with E-state index in [-0.39, 0.29) is 11.2 Å². The van der Waals surface area contributed by atoms with Gasteiger partial charge in [-0.05, 0) is 30.2 Å². The Bertz CT molecular complexity index is 866. The molecule has 4 nitrogen and oxygen atoms in total. The summed E-state index contributed by atoms with van der Waals surface area (Å²) in [4.78, 5) is 15.8. The molecule has 25 heavy (non-hydrogen) atoms. The molecule has 2 heterocycles. The third-order valence-corrected chi connectivity index (χ3v) is 5.68. The number of amides is 1. The summed E-state index contributed by atoms with van der Waals surface area (Å²) in [6.45, 7) is 0.569. The number of hydrogen-bond donors (Lipinski definition) is 0. The van der Waals surface area contributed by atoms with Crippen LogP contribution in [0.15, 0.2) is 71.9 Å². The van der Waals surface area contributed by atoms with Gasteiger partial charge in [0.15, 0.2) is 0 Å². The number of thioether (sulfide) groups is 1. The van der Waals surface area contributed by atoms with E-state index in [0.717, 1.165) is 17.7 Å². The van der Waals surface area contributed by atoms with Crippen LogP contribution in [0.25, 0.3) is 5.69 Å². The van der Waals surface area contributed by atoms with Crippen LogP contribution in [0.2, 0.25) is 0 Å². The number of nitrogens with zero attached hydrogens (tertiary/aromatic N) is 3. The predicted molar refractivity (Wildman–Crippen MR) is 99.8 cm³/mol. The van der Waals surface area contributed by atoms with Crippen molar-refractivity contribution in [2.75, 3.05) is 7.05 Å². The van der Waals surface area contributed by atoms with E-state index in [2.05, 4.69) is 17.2 Å². The molecule has 3 aromatic rings. The highest BCUT2D eigenvalue weighted by Crippen LogP contribution is 2.37. The Morgan fingerprint density at radius 1 is 1.20 bits per heavy atom. The number of rotatable bonds is 4. The van der Waals surface area contributed by atoms with Crippen molar-refractivity contribution in [3.05, 3.63) is 78.1 Å². The van der Waals surface area contributed by atoms with Crippen molar-refractivity contribution < 1.29 is 4.79 Å². The molecule has 0 saturated heterocycles. The highest BCUT2D eigenvalue weighted by atomic mass is 32.2. The highest BCUT2D eigenvalue weighted by molar-refractivity contribution is 8.01. The van der Waals surface area contributed by atoms with E-state index in [4.69, 9.17) is 0 Å². The van der Waals surface area contributed by atoms with Gasteiger partial charge in [-0.25, -0.2) is 4.68 Å². The Kier molecular flexibility index (Phi) is 4.32. The first-order valence-corrected chi connectivity index (χ1v) is 9.17. The third-order valence-electron chi connectivity index (χ3n) is 4.38. The highest BCUT2D eigenvalue weighted by Gasteiger charge is 2.30. The lowest BCUT2D eigenvalue weighted by molar-refractivity contribution is -0.129. The zero-order valence-electron chi connectivity index (χ0n) is 14.0. The summed E-state index contributed by atoms with van der Waals surface area (Å²) in [5, 5.41) is 4.38. The molecule has 5 heteroatoms. The fourth-order valence-corrected chi connectivity index (χ4v) is 4.39. The molecular weight excluding hydrogens is 330 g/mol. The fraction of sp³-hybridized carbons (Fsp3) is 0.200. The lowest BCUT2D eigenvalue weighted by Gasteiger charge is -2.19. The van der Waals surface area contributed by atoms with Crippen LogP contribution in [0.1, 0.15) is 11.1 Å².